The molecule has 3 heterocycles. The van der Waals surface area contributed by atoms with Gasteiger partial charge in [0.15, 0.2) is 0 Å². The molecule has 1 aromatic carbocycles. The first-order valence-electron chi connectivity index (χ1n) is 16.6. The molecule has 0 spiro atoms. The van der Waals surface area contributed by atoms with Gasteiger partial charge in [0, 0.05) is 30.5 Å². The van der Waals surface area contributed by atoms with Gasteiger partial charge in [-0.25, -0.2) is 14.3 Å². The van der Waals surface area contributed by atoms with E-state index in [4.69, 9.17) is 14.6 Å². The first-order chi connectivity index (χ1) is 22.8. The van der Waals surface area contributed by atoms with Gasteiger partial charge in [-0.2, -0.15) is 5.10 Å². The van der Waals surface area contributed by atoms with Crippen LogP contribution in [0.3, 0.4) is 0 Å². The van der Waals surface area contributed by atoms with E-state index in [0.29, 0.717) is 29.4 Å². The molecule has 48 heavy (non-hydrogen) atoms. The predicted octanol–water partition coefficient (Wildman–Crippen LogP) is 4.67. The van der Waals surface area contributed by atoms with Crippen LogP contribution in [0.2, 0.25) is 0 Å². The minimum absolute atomic E-state index is 0.0120. The number of nitrogens with zero attached hydrogens (tertiary/aromatic N) is 3. The number of fused-ring (bicyclic) bond motifs is 2. The second kappa shape index (κ2) is 14.6. The minimum atomic E-state index is -1.24. The molecule has 3 aliphatic rings. The van der Waals surface area contributed by atoms with Crippen molar-refractivity contribution in [3.05, 3.63) is 63.4 Å². The molecule has 2 N–H and O–H groups in total. The van der Waals surface area contributed by atoms with Gasteiger partial charge in [0.2, 0.25) is 11.8 Å². The molecule has 258 valence electrons. The van der Waals surface area contributed by atoms with E-state index in [1.807, 2.05) is 42.5 Å². The summed E-state index contributed by atoms with van der Waals surface area (Å²) in [6.45, 7) is 7.07. The second-order valence-electron chi connectivity index (χ2n) is 13.6. The molecule has 1 aliphatic carbocycles. The number of benzene rings is 1. The zero-order valence-corrected chi connectivity index (χ0v) is 29.5. The van der Waals surface area contributed by atoms with Crippen molar-refractivity contribution in [2.75, 3.05) is 13.2 Å². The fourth-order valence-corrected chi connectivity index (χ4v) is 6.96. The van der Waals surface area contributed by atoms with Crippen LogP contribution in [0.25, 0.3) is 11.3 Å². The summed E-state index contributed by atoms with van der Waals surface area (Å²) in [6, 6.07) is 8.10. The van der Waals surface area contributed by atoms with Crippen LogP contribution in [0, 0.1) is 5.92 Å². The van der Waals surface area contributed by atoms with E-state index in [1.54, 1.807) is 27.7 Å². The van der Waals surface area contributed by atoms with Gasteiger partial charge in [-0.15, -0.1) is 0 Å². The van der Waals surface area contributed by atoms with Crippen LogP contribution < -0.4 is 16.2 Å². The average Bonchev–Trinajstić information content (AvgIpc) is 3.53. The van der Waals surface area contributed by atoms with Crippen LogP contribution in [0.15, 0.2) is 57.8 Å². The van der Waals surface area contributed by atoms with E-state index in [2.05, 4.69) is 26.6 Å². The number of hydrogen-bond donors (Lipinski definition) is 2. The van der Waals surface area contributed by atoms with Crippen molar-refractivity contribution in [2.45, 2.75) is 102 Å². The molecule has 1 saturated heterocycles. The first kappa shape index (κ1) is 35.3. The van der Waals surface area contributed by atoms with E-state index in [9.17, 15) is 24.0 Å². The molecule has 1 aromatic heterocycles. The summed E-state index contributed by atoms with van der Waals surface area (Å²) < 4.78 is 12.7. The molecule has 0 bridgehead atoms. The molecule has 5 atom stereocenters. The highest BCUT2D eigenvalue weighted by atomic mass is 79.9. The van der Waals surface area contributed by atoms with Crippen LogP contribution in [-0.4, -0.2) is 74.9 Å². The Morgan fingerprint density at radius 2 is 1.88 bits per heavy atom. The Hall–Kier alpha value is -4.00. The average molecular weight is 727 g/mol. The van der Waals surface area contributed by atoms with Gasteiger partial charge < -0.3 is 25.0 Å². The maximum absolute atomic E-state index is 14.4. The Morgan fingerprint density at radius 3 is 2.58 bits per heavy atom. The molecule has 12 nitrogen and oxygen atoms in total. The third-order valence-electron chi connectivity index (χ3n) is 8.89. The minimum Gasteiger partial charge on any atom is -0.464 e. The summed E-state index contributed by atoms with van der Waals surface area (Å²) in [6.07, 6.45) is 7.12. The van der Waals surface area contributed by atoms with Crippen LogP contribution in [0.5, 0.6) is 0 Å². The number of carbonyl (C=O) groups excluding carboxylic acids is 4. The van der Waals surface area contributed by atoms with Crippen LogP contribution in [0.1, 0.15) is 78.7 Å². The quantitative estimate of drug-likeness (QED) is 0.334. The summed E-state index contributed by atoms with van der Waals surface area (Å²) in [7, 11) is 0. The number of esters is 1. The number of ether oxygens (including phenoxy) is 2. The monoisotopic (exact) mass is 725 g/mol. The maximum atomic E-state index is 14.4. The summed E-state index contributed by atoms with van der Waals surface area (Å²) in [5, 5.41) is 10.4. The first-order valence-corrected chi connectivity index (χ1v) is 17.4. The molecule has 13 heteroatoms. The van der Waals surface area contributed by atoms with Gasteiger partial charge in [0.1, 0.15) is 28.9 Å². The number of carbonyl (C=O) groups is 4. The lowest BCUT2D eigenvalue weighted by Crippen LogP contribution is -2.56. The molecule has 1 saturated carbocycles. The lowest BCUT2D eigenvalue weighted by Gasteiger charge is -2.30. The van der Waals surface area contributed by atoms with Crippen LogP contribution >= 0.6 is 15.9 Å². The maximum Gasteiger partial charge on any atom is 0.408 e. The van der Waals surface area contributed by atoms with Crippen LogP contribution in [-0.2, 0) is 23.9 Å². The summed E-state index contributed by atoms with van der Waals surface area (Å²) in [4.78, 5) is 69.5. The van der Waals surface area contributed by atoms with Crippen molar-refractivity contribution in [2.24, 2.45) is 5.92 Å². The zero-order chi connectivity index (χ0) is 34.6. The standard InChI is InChI=1S/C35H44BrN5O7/c1-5-47-32(45)35-20-23(35)16-12-7-6-8-13-17-26(37-33(46)48-34(2,3)4)31(44)40-21-24(18-27(40)30(43)38-35)41-28(42)19-25(36)29(39-41)22-14-10-9-11-15-22/h9-12,14-16,19,23-24,26-27H,5-8,13,17-18,20-21H2,1-4H3,(H,37,46)(H,38,43)/b16-12-/t23-,24-,26+,27+,35-/m1/s1. The molecule has 2 aromatic rings. The number of amides is 3. The number of nitrogens with one attached hydrogen (secondary N) is 2. The molecule has 0 unspecified atom stereocenters. The van der Waals surface area contributed by atoms with Crippen molar-refractivity contribution >= 4 is 39.8 Å². The smallest absolute Gasteiger partial charge is 0.408 e. The van der Waals surface area contributed by atoms with Gasteiger partial charge in [-0.3, -0.25) is 14.4 Å². The Kier molecular flexibility index (Phi) is 10.8. The molecular weight excluding hydrogens is 682 g/mol. The van der Waals surface area contributed by atoms with E-state index in [0.717, 1.165) is 24.8 Å². The highest BCUT2D eigenvalue weighted by Gasteiger charge is 2.62. The van der Waals surface area contributed by atoms with E-state index in [-0.39, 0.29) is 25.5 Å². The SMILES string of the molecule is CCOC(=O)[C@@]12C[C@H]1/C=C\CCCCC[C@H](NC(=O)OC(C)(C)C)C(=O)N1C[C@H](n3nc(-c4ccccc4)c(Br)cc3=O)C[C@H]1C(=O)N2. The van der Waals surface area contributed by atoms with Gasteiger partial charge in [0.05, 0.1) is 17.1 Å². The number of hydrogen-bond acceptors (Lipinski definition) is 8. The highest BCUT2D eigenvalue weighted by molar-refractivity contribution is 9.10. The third-order valence-corrected chi connectivity index (χ3v) is 9.49. The molecule has 3 amide bonds. The number of aromatic nitrogens is 2. The van der Waals surface area contributed by atoms with Gasteiger partial charge >= 0.3 is 12.1 Å². The number of rotatable bonds is 5. The van der Waals surface area contributed by atoms with Crippen molar-refractivity contribution in [1.29, 1.82) is 0 Å². The third kappa shape index (κ3) is 7.99. The largest absolute Gasteiger partial charge is 0.464 e. The lowest BCUT2D eigenvalue weighted by molar-refractivity contribution is -0.150. The Balaban J connectivity index is 1.52. The van der Waals surface area contributed by atoms with Crippen molar-refractivity contribution < 1.29 is 28.7 Å². The van der Waals surface area contributed by atoms with Crippen molar-refractivity contribution in [1.82, 2.24) is 25.3 Å². The van der Waals surface area contributed by atoms with Crippen LogP contribution in [0.4, 0.5) is 4.79 Å². The Labute approximate surface area is 288 Å². The fraction of sp³-hybridized carbons (Fsp3) is 0.543. The lowest BCUT2D eigenvalue weighted by atomic mass is 10.0. The van der Waals surface area contributed by atoms with E-state index >= 15 is 0 Å². The number of allylic oxidation sites excluding steroid dienone is 1. The van der Waals surface area contributed by atoms with E-state index < -0.39 is 58.7 Å². The predicted molar refractivity (Wildman–Crippen MR) is 182 cm³/mol. The molecule has 0 radical (unpaired) electrons. The molecular formula is C35H44BrN5O7. The van der Waals surface area contributed by atoms with Gasteiger partial charge in [-0.1, -0.05) is 55.3 Å². The highest BCUT2D eigenvalue weighted by Crippen LogP contribution is 2.46. The fourth-order valence-electron chi connectivity index (χ4n) is 6.45. The summed E-state index contributed by atoms with van der Waals surface area (Å²) >= 11 is 3.47. The topological polar surface area (TPSA) is 149 Å². The number of alkyl carbamates (subject to hydrolysis) is 1. The molecule has 2 fully saturated rings. The Morgan fingerprint density at radius 1 is 1.12 bits per heavy atom. The second-order valence-corrected chi connectivity index (χ2v) is 14.5. The molecule has 2 aliphatic heterocycles. The summed E-state index contributed by atoms with van der Waals surface area (Å²) in [5.74, 6) is -1.76. The Bertz CT molecular complexity index is 1620. The van der Waals surface area contributed by atoms with Gasteiger partial charge in [0.25, 0.3) is 5.56 Å². The van der Waals surface area contributed by atoms with Crippen molar-refractivity contribution in [3.63, 3.8) is 0 Å². The molecule has 5 rings (SSSR count). The summed E-state index contributed by atoms with van der Waals surface area (Å²) in [5.41, 5.74) is -1.11. The number of halogens is 1. The van der Waals surface area contributed by atoms with Crippen molar-refractivity contribution in [3.8, 4) is 11.3 Å². The van der Waals surface area contributed by atoms with Gasteiger partial charge in [-0.05, 0) is 69.3 Å². The zero-order valence-electron chi connectivity index (χ0n) is 27.9. The van der Waals surface area contributed by atoms with E-state index in [1.165, 1.54) is 15.6 Å². The normalized spacial score (nSPS) is 27.0.